The molecule has 0 aliphatic carbocycles. The fourth-order valence-corrected chi connectivity index (χ4v) is 3.91. The summed E-state index contributed by atoms with van der Waals surface area (Å²) in [6.45, 7) is 3.09. The molecule has 1 atom stereocenters. The summed E-state index contributed by atoms with van der Waals surface area (Å²) in [6.07, 6.45) is 1.58. The summed E-state index contributed by atoms with van der Waals surface area (Å²) in [6, 6.07) is 9.96. The molecule has 2 fully saturated rings. The molecule has 31 heavy (non-hydrogen) atoms. The number of carbonyl (C=O) groups is 2. The van der Waals surface area contributed by atoms with Crippen LogP contribution in [0, 0.1) is 11.6 Å². The van der Waals surface area contributed by atoms with Crippen molar-refractivity contribution >= 4 is 11.8 Å². The van der Waals surface area contributed by atoms with Crippen molar-refractivity contribution in [1.82, 2.24) is 9.80 Å². The molecular weight excluding hydrogens is 406 g/mol. The van der Waals surface area contributed by atoms with Gasteiger partial charge in [0.05, 0.1) is 19.3 Å². The quantitative estimate of drug-likeness (QED) is 0.732. The summed E-state index contributed by atoms with van der Waals surface area (Å²) in [5, 5.41) is 0. The van der Waals surface area contributed by atoms with Crippen LogP contribution in [0.25, 0.3) is 0 Å². The van der Waals surface area contributed by atoms with Crippen molar-refractivity contribution in [1.29, 1.82) is 0 Å². The highest BCUT2D eigenvalue weighted by Crippen LogP contribution is 2.23. The first kappa shape index (κ1) is 21.2. The monoisotopic (exact) mass is 430 g/mol. The number of rotatable bonds is 5. The number of ether oxygens (including phenoxy) is 2. The van der Waals surface area contributed by atoms with Gasteiger partial charge < -0.3 is 19.3 Å². The molecule has 8 heteroatoms. The predicted octanol–water partition coefficient (Wildman–Crippen LogP) is 3.12. The van der Waals surface area contributed by atoms with E-state index in [1.807, 2.05) is 0 Å². The van der Waals surface area contributed by atoms with Crippen molar-refractivity contribution in [2.24, 2.45) is 0 Å². The Morgan fingerprint density at radius 3 is 2.35 bits per heavy atom. The van der Waals surface area contributed by atoms with Crippen LogP contribution in [0.3, 0.4) is 0 Å². The zero-order valence-electron chi connectivity index (χ0n) is 17.1. The normalized spacial score (nSPS) is 18.8. The van der Waals surface area contributed by atoms with Crippen molar-refractivity contribution in [3.05, 3.63) is 65.2 Å². The number of halogens is 2. The van der Waals surface area contributed by atoms with Gasteiger partial charge in [0.15, 0.2) is 11.6 Å². The SMILES string of the molecule is O=C(c1ccc(OCC2CCCN2C(=O)c2ccc(F)c(F)c2)cc1)N1CCOCC1. The molecule has 0 aromatic heterocycles. The average Bonchev–Trinajstić information content (AvgIpc) is 3.28. The molecule has 2 aromatic rings. The van der Waals surface area contributed by atoms with Crippen LogP contribution in [0.15, 0.2) is 42.5 Å². The second kappa shape index (κ2) is 9.43. The number of amides is 2. The fourth-order valence-electron chi connectivity index (χ4n) is 3.91. The van der Waals surface area contributed by atoms with E-state index in [1.54, 1.807) is 34.1 Å². The molecule has 1 unspecified atom stereocenters. The number of carbonyl (C=O) groups excluding carboxylic acids is 2. The molecule has 0 radical (unpaired) electrons. The van der Waals surface area contributed by atoms with Crippen molar-refractivity contribution in [3.8, 4) is 5.75 Å². The predicted molar refractivity (Wildman–Crippen MR) is 109 cm³/mol. The van der Waals surface area contributed by atoms with Crippen molar-refractivity contribution in [3.63, 3.8) is 0 Å². The molecule has 4 rings (SSSR count). The molecule has 0 N–H and O–H groups in total. The van der Waals surface area contributed by atoms with E-state index < -0.39 is 11.6 Å². The Morgan fingerprint density at radius 2 is 1.65 bits per heavy atom. The maximum absolute atomic E-state index is 13.5. The Kier molecular flexibility index (Phi) is 6.46. The highest BCUT2D eigenvalue weighted by molar-refractivity contribution is 5.95. The van der Waals surface area contributed by atoms with Gasteiger partial charge in [0.2, 0.25) is 0 Å². The first-order valence-electron chi connectivity index (χ1n) is 10.4. The molecule has 164 valence electrons. The Morgan fingerprint density at radius 1 is 0.935 bits per heavy atom. The standard InChI is InChI=1S/C23H24F2N2O4/c24-20-8-5-17(14-21(20)25)23(29)27-9-1-2-18(27)15-31-19-6-3-16(4-7-19)22(28)26-10-12-30-13-11-26/h3-8,14,18H,1-2,9-13,15H2. The molecule has 2 heterocycles. The van der Waals surface area contributed by atoms with Crippen LogP contribution in [0.4, 0.5) is 8.78 Å². The van der Waals surface area contributed by atoms with E-state index in [0.29, 0.717) is 44.2 Å². The number of morpholine rings is 1. The summed E-state index contributed by atoms with van der Waals surface area (Å²) in [7, 11) is 0. The maximum atomic E-state index is 13.5. The third-order valence-electron chi connectivity index (χ3n) is 5.65. The molecule has 2 amide bonds. The van der Waals surface area contributed by atoms with Gasteiger partial charge in [0.25, 0.3) is 11.8 Å². The van der Waals surface area contributed by atoms with Crippen molar-refractivity contribution in [2.75, 3.05) is 39.5 Å². The molecule has 6 nitrogen and oxygen atoms in total. The minimum absolute atomic E-state index is 0.0334. The lowest BCUT2D eigenvalue weighted by Crippen LogP contribution is -2.40. The Labute approximate surface area is 179 Å². The van der Waals surface area contributed by atoms with E-state index in [4.69, 9.17) is 9.47 Å². The third kappa shape index (κ3) is 4.85. The zero-order chi connectivity index (χ0) is 21.8. The summed E-state index contributed by atoms with van der Waals surface area (Å²) < 4.78 is 37.8. The molecule has 2 aliphatic heterocycles. The second-order valence-corrected chi connectivity index (χ2v) is 7.66. The lowest BCUT2D eigenvalue weighted by molar-refractivity contribution is 0.0303. The van der Waals surface area contributed by atoms with Crippen LogP contribution in [0.2, 0.25) is 0 Å². The molecule has 2 saturated heterocycles. The Balaban J connectivity index is 1.35. The highest BCUT2D eigenvalue weighted by atomic mass is 19.2. The van der Waals surface area contributed by atoms with Gasteiger partial charge in [0.1, 0.15) is 12.4 Å². The minimum atomic E-state index is -1.04. The number of nitrogens with zero attached hydrogens (tertiary/aromatic N) is 2. The van der Waals surface area contributed by atoms with E-state index in [2.05, 4.69) is 0 Å². The first-order chi connectivity index (χ1) is 15.0. The summed E-state index contributed by atoms with van der Waals surface area (Å²) in [4.78, 5) is 28.6. The lowest BCUT2D eigenvalue weighted by Gasteiger charge is -2.27. The Hall–Kier alpha value is -3.00. The van der Waals surface area contributed by atoms with Gasteiger partial charge in [-0.2, -0.15) is 0 Å². The largest absolute Gasteiger partial charge is 0.491 e. The maximum Gasteiger partial charge on any atom is 0.254 e. The van der Waals surface area contributed by atoms with Crippen LogP contribution in [0.1, 0.15) is 33.6 Å². The number of hydrogen-bond acceptors (Lipinski definition) is 4. The van der Waals surface area contributed by atoms with E-state index in [9.17, 15) is 18.4 Å². The zero-order valence-corrected chi connectivity index (χ0v) is 17.1. The van der Waals surface area contributed by atoms with Crippen LogP contribution in [0.5, 0.6) is 5.75 Å². The summed E-state index contributed by atoms with van der Waals surface area (Å²) >= 11 is 0. The second-order valence-electron chi connectivity index (χ2n) is 7.66. The molecule has 0 spiro atoms. The van der Waals surface area contributed by atoms with Crippen molar-refractivity contribution in [2.45, 2.75) is 18.9 Å². The van der Waals surface area contributed by atoms with Crippen molar-refractivity contribution < 1.29 is 27.8 Å². The van der Waals surface area contributed by atoms with Gasteiger partial charge in [-0.15, -0.1) is 0 Å². The summed E-state index contributed by atoms with van der Waals surface area (Å²) in [5.74, 6) is -1.78. The van der Waals surface area contributed by atoms with E-state index in [0.717, 1.165) is 25.0 Å². The Bertz CT molecular complexity index is 945. The minimum Gasteiger partial charge on any atom is -0.491 e. The van der Waals surface area contributed by atoms with Gasteiger partial charge in [-0.3, -0.25) is 9.59 Å². The van der Waals surface area contributed by atoms with E-state index in [1.165, 1.54) is 6.07 Å². The summed E-state index contributed by atoms with van der Waals surface area (Å²) in [5.41, 5.74) is 0.710. The molecule has 2 aromatic carbocycles. The number of hydrogen-bond donors (Lipinski definition) is 0. The highest BCUT2D eigenvalue weighted by Gasteiger charge is 2.30. The fraction of sp³-hybridized carbons (Fsp3) is 0.391. The number of benzene rings is 2. The van der Waals surface area contributed by atoms with Crippen LogP contribution in [-0.2, 0) is 4.74 Å². The van der Waals surface area contributed by atoms with E-state index >= 15 is 0 Å². The van der Waals surface area contributed by atoms with Crippen LogP contribution >= 0.6 is 0 Å². The molecule has 0 bridgehead atoms. The molecule has 2 aliphatic rings. The topological polar surface area (TPSA) is 59.1 Å². The van der Waals surface area contributed by atoms with Crippen LogP contribution in [-0.4, -0.2) is 67.1 Å². The van der Waals surface area contributed by atoms with Gasteiger partial charge in [-0.25, -0.2) is 8.78 Å². The lowest BCUT2D eigenvalue weighted by atomic mass is 10.1. The molecule has 0 saturated carbocycles. The van der Waals surface area contributed by atoms with E-state index in [-0.39, 0.29) is 30.0 Å². The van der Waals surface area contributed by atoms with Gasteiger partial charge in [-0.05, 0) is 55.3 Å². The smallest absolute Gasteiger partial charge is 0.254 e. The van der Waals surface area contributed by atoms with Gasteiger partial charge in [0, 0.05) is 30.8 Å². The number of likely N-dealkylation sites (tertiary alicyclic amines) is 1. The first-order valence-corrected chi connectivity index (χ1v) is 10.4. The average molecular weight is 430 g/mol. The van der Waals surface area contributed by atoms with Crippen LogP contribution < -0.4 is 4.74 Å². The van der Waals surface area contributed by atoms with Gasteiger partial charge >= 0.3 is 0 Å². The molecular formula is C23H24F2N2O4. The van der Waals surface area contributed by atoms with Gasteiger partial charge in [-0.1, -0.05) is 0 Å². The third-order valence-corrected chi connectivity index (χ3v) is 5.65.